The Morgan fingerprint density at radius 3 is 2.29 bits per heavy atom. The fraction of sp³-hybridized carbons (Fsp3) is 0.400. The van der Waals surface area contributed by atoms with E-state index < -0.39 is 0 Å². The lowest BCUT2D eigenvalue weighted by molar-refractivity contribution is 0.429. The summed E-state index contributed by atoms with van der Waals surface area (Å²) in [6.07, 6.45) is 7.13. The van der Waals surface area contributed by atoms with Crippen molar-refractivity contribution in [2.45, 2.75) is 45.4 Å². The number of para-hydroxylation sites is 1. The second kappa shape index (κ2) is 8.51. The van der Waals surface area contributed by atoms with E-state index >= 15 is 0 Å². The van der Waals surface area contributed by atoms with Crippen molar-refractivity contribution < 1.29 is 5.11 Å². The van der Waals surface area contributed by atoms with E-state index in [4.69, 9.17) is 0 Å². The third-order valence-corrected chi connectivity index (χ3v) is 4.08. The molecule has 2 rings (SSSR count). The molecular formula is C20H26O. The lowest BCUT2D eigenvalue weighted by Crippen LogP contribution is -2.09. The predicted octanol–water partition coefficient (Wildman–Crippen LogP) is 5.37. The summed E-state index contributed by atoms with van der Waals surface area (Å²) in [6.45, 7) is 2.25. The van der Waals surface area contributed by atoms with Gasteiger partial charge in [-0.15, -0.1) is 0 Å². The third-order valence-electron chi connectivity index (χ3n) is 4.08. The fourth-order valence-electron chi connectivity index (χ4n) is 2.90. The molecule has 1 nitrogen and oxygen atoms in total. The molecule has 0 aromatic heterocycles. The molecule has 1 atom stereocenters. The first-order valence-electron chi connectivity index (χ1n) is 8.10. The number of unbranched alkanes of at least 4 members (excludes halogenated alkanes) is 2. The van der Waals surface area contributed by atoms with Crippen molar-refractivity contribution >= 4 is 0 Å². The van der Waals surface area contributed by atoms with Crippen LogP contribution in [-0.4, -0.2) is 5.11 Å². The second-order valence-corrected chi connectivity index (χ2v) is 5.88. The summed E-state index contributed by atoms with van der Waals surface area (Å²) < 4.78 is 0. The molecule has 0 amide bonds. The smallest absolute Gasteiger partial charge is 0.118 e. The van der Waals surface area contributed by atoms with Gasteiger partial charge in [0.2, 0.25) is 0 Å². The summed E-state index contributed by atoms with van der Waals surface area (Å²) in [5.41, 5.74) is 2.48. The van der Waals surface area contributed by atoms with Crippen molar-refractivity contribution in [3.63, 3.8) is 0 Å². The average molecular weight is 282 g/mol. The van der Waals surface area contributed by atoms with Gasteiger partial charge in [-0.3, -0.25) is 0 Å². The molecule has 0 radical (unpaired) electrons. The molecule has 0 bridgehead atoms. The molecule has 0 spiro atoms. The van der Waals surface area contributed by atoms with Gasteiger partial charge in [0.25, 0.3) is 0 Å². The number of phenols is 1. The van der Waals surface area contributed by atoms with Crippen molar-refractivity contribution in [2.24, 2.45) is 5.92 Å². The van der Waals surface area contributed by atoms with Gasteiger partial charge >= 0.3 is 0 Å². The van der Waals surface area contributed by atoms with Gasteiger partial charge in [0.05, 0.1) is 0 Å². The summed E-state index contributed by atoms with van der Waals surface area (Å²) in [6, 6.07) is 18.4. The zero-order valence-corrected chi connectivity index (χ0v) is 13.0. The molecule has 1 N–H and O–H groups in total. The van der Waals surface area contributed by atoms with Crippen molar-refractivity contribution in [3.05, 3.63) is 65.7 Å². The maximum Gasteiger partial charge on any atom is 0.118 e. The van der Waals surface area contributed by atoms with E-state index in [1.54, 1.807) is 6.07 Å². The summed E-state index contributed by atoms with van der Waals surface area (Å²) in [4.78, 5) is 0. The molecule has 2 aromatic rings. The fourth-order valence-corrected chi connectivity index (χ4v) is 2.90. The van der Waals surface area contributed by atoms with Gasteiger partial charge in [-0.1, -0.05) is 74.7 Å². The lowest BCUT2D eigenvalue weighted by atomic mass is 9.88. The van der Waals surface area contributed by atoms with Gasteiger partial charge in [-0.25, -0.2) is 0 Å². The van der Waals surface area contributed by atoms with Crippen LogP contribution in [-0.2, 0) is 12.8 Å². The first kappa shape index (κ1) is 15.6. The molecule has 112 valence electrons. The van der Waals surface area contributed by atoms with Gasteiger partial charge in [0.1, 0.15) is 5.75 Å². The molecule has 21 heavy (non-hydrogen) atoms. The highest BCUT2D eigenvalue weighted by molar-refractivity contribution is 5.32. The van der Waals surface area contributed by atoms with Crippen LogP contribution in [0.3, 0.4) is 0 Å². The van der Waals surface area contributed by atoms with E-state index in [0.29, 0.717) is 11.7 Å². The Bertz CT molecular complexity index is 518. The van der Waals surface area contributed by atoms with Gasteiger partial charge in [0.15, 0.2) is 0 Å². The first-order valence-corrected chi connectivity index (χ1v) is 8.10. The Labute approximate surface area is 128 Å². The predicted molar refractivity (Wildman–Crippen MR) is 89.6 cm³/mol. The Morgan fingerprint density at radius 2 is 1.57 bits per heavy atom. The summed E-state index contributed by atoms with van der Waals surface area (Å²) in [5, 5.41) is 10.00. The Balaban J connectivity index is 2.03. The van der Waals surface area contributed by atoms with E-state index in [0.717, 1.165) is 18.4 Å². The Morgan fingerprint density at radius 1 is 0.857 bits per heavy atom. The van der Waals surface area contributed by atoms with Crippen molar-refractivity contribution in [1.82, 2.24) is 0 Å². The van der Waals surface area contributed by atoms with Crippen molar-refractivity contribution in [2.75, 3.05) is 0 Å². The van der Waals surface area contributed by atoms with Gasteiger partial charge < -0.3 is 5.11 Å². The van der Waals surface area contributed by atoms with E-state index in [1.165, 1.54) is 31.2 Å². The van der Waals surface area contributed by atoms with Crippen LogP contribution in [0.1, 0.15) is 43.7 Å². The lowest BCUT2D eigenvalue weighted by Gasteiger charge is -2.18. The Kier molecular flexibility index (Phi) is 6.33. The zero-order valence-electron chi connectivity index (χ0n) is 13.0. The molecule has 0 heterocycles. The van der Waals surface area contributed by atoms with E-state index in [-0.39, 0.29) is 0 Å². The minimum atomic E-state index is 0.436. The van der Waals surface area contributed by atoms with Gasteiger partial charge in [-0.2, -0.15) is 0 Å². The second-order valence-electron chi connectivity index (χ2n) is 5.88. The van der Waals surface area contributed by atoms with Crippen molar-refractivity contribution in [3.8, 4) is 5.75 Å². The molecule has 0 aliphatic heterocycles. The Hall–Kier alpha value is -1.76. The van der Waals surface area contributed by atoms with Crippen LogP contribution in [0.2, 0.25) is 0 Å². The normalized spacial score (nSPS) is 12.2. The minimum absolute atomic E-state index is 0.436. The van der Waals surface area contributed by atoms with Gasteiger partial charge in [-0.05, 0) is 42.4 Å². The molecule has 0 aliphatic rings. The number of phenolic OH excluding ortho intramolecular Hbond substituents is 1. The molecule has 2 aromatic carbocycles. The minimum Gasteiger partial charge on any atom is -0.508 e. The standard InChI is InChI=1S/C20H26O/c1-2-3-5-12-18(15-17-10-6-4-7-11-17)16-19-13-8-9-14-20(19)21/h4,6-11,13-14,18,21H,2-3,5,12,15-16H2,1H3. The molecule has 1 heteroatoms. The number of aromatic hydroxyl groups is 1. The zero-order chi connectivity index (χ0) is 14.9. The number of hydrogen-bond donors (Lipinski definition) is 1. The third kappa shape index (κ3) is 5.26. The number of benzene rings is 2. The van der Waals surface area contributed by atoms with E-state index in [1.807, 2.05) is 18.2 Å². The molecule has 0 saturated carbocycles. The molecule has 0 saturated heterocycles. The summed E-state index contributed by atoms with van der Waals surface area (Å²) in [5.74, 6) is 1.04. The van der Waals surface area contributed by atoms with Crippen molar-refractivity contribution in [1.29, 1.82) is 0 Å². The largest absolute Gasteiger partial charge is 0.508 e. The van der Waals surface area contributed by atoms with Crippen LogP contribution in [0.5, 0.6) is 5.75 Å². The molecular weight excluding hydrogens is 256 g/mol. The quantitative estimate of drug-likeness (QED) is 0.645. The number of hydrogen-bond acceptors (Lipinski definition) is 1. The van der Waals surface area contributed by atoms with E-state index in [2.05, 4.69) is 37.3 Å². The van der Waals surface area contributed by atoms with Gasteiger partial charge in [0, 0.05) is 0 Å². The summed E-state index contributed by atoms with van der Waals surface area (Å²) in [7, 11) is 0. The van der Waals surface area contributed by atoms with Crippen LogP contribution in [0.25, 0.3) is 0 Å². The monoisotopic (exact) mass is 282 g/mol. The molecule has 0 fully saturated rings. The number of rotatable bonds is 8. The highest BCUT2D eigenvalue weighted by Gasteiger charge is 2.12. The topological polar surface area (TPSA) is 20.2 Å². The maximum atomic E-state index is 10.00. The summed E-state index contributed by atoms with van der Waals surface area (Å²) >= 11 is 0. The van der Waals surface area contributed by atoms with E-state index in [9.17, 15) is 5.11 Å². The molecule has 1 unspecified atom stereocenters. The highest BCUT2D eigenvalue weighted by atomic mass is 16.3. The molecule has 0 aliphatic carbocycles. The van der Waals surface area contributed by atoms with Crippen LogP contribution >= 0.6 is 0 Å². The van der Waals surface area contributed by atoms with Crippen LogP contribution in [0, 0.1) is 5.92 Å². The first-order chi connectivity index (χ1) is 10.3. The van der Waals surface area contributed by atoms with Crippen LogP contribution in [0.15, 0.2) is 54.6 Å². The van der Waals surface area contributed by atoms with Crippen LogP contribution < -0.4 is 0 Å². The SMILES string of the molecule is CCCCCC(Cc1ccccc1)Cc1ccccc1O. The highest BCUT2D eigenvalue weighted by Crippen LogP contribution is 2.25. The van der Waals surface area contributed by atoms with Crippen LogP contribution in [0.4, 0.5) is 0 Å². The maximum absolute atomic E-state index is 10.00. The average Bonchev–Trinajstić information content (AvgIpc) is 2.51.